The Bertz CT molecular complexity index is 624. The van der Waals surface area contributed by atoms with Gasteiger partial charge in [0.25, 0.3) is 5.91 Å². The maximum atomic E-state index is 12.1. The normalized spacial score (nSPS) is 10.7. The predicted octanol–water partition coefficient (Wildman–Crippen LogP) is 3.81. The van der Waals surface area contributed by atoms with Crippen LogP contribution in [0, 0.1) is 6.92 Å². The minimum Gasteiger partial charge on any atom is -0.320 e. The number of hydrogen-bond acceptors (Lipinski definition) is 3. The van der Waals surface area contributed by atoms with Crippen LogP contribution in [0.4, 0.5) is 5.69 Å². The first kappa shape index (κ1) is 14.5. The molecule has 1 aromatic heterocycles. The molecule has 0 atom stereocenters. The number of benzene rings is 1. The second-order valence-electron chi connectivity index (χ2n) is 4.91. The lowest BCUT2D eigenvalue weighted by molar-refractivity contribution is 0.102. The topological polar surface area (TPSA) is 54.9 Å². The Morgan fingerprint density at radius 3 is 2.55 bits per heavy atom. The molecule has 5 heteroatoms. The molecule has 0 radical (unpaired) electrons. The molecule has 104 valence electrons. The van der Waals surface area contributed by atoms with Crippen molar-refractivity contribution in [3.63, 3.8) is 0 Å². The van der Waals surface area contributed by atoms with Gasteiger partial charge in [0.15, 0.2) is 5.69 Å². The van der Waals surface area contributed by atoms with E-state index >= 15 is 0 Å². The summed E-state index contributed by atoms with van der Waals surface area (Å²) in [4.78, 5) is 12.1. The van der Waals surface area contributed by atoms with Crippen molar-refractivity contribution in [1.82, 2.24) is 10.2 Å². The van der Waals surface area contributed by atoms with E-state index in [-0.39, 0.29) is 17.5 Å². The first-order valence-electron chi connectivity index (χ1n) is 6.38. The Labute approximate surface area is 123 Å². The summed E-state index contributed by atoms with van der Waals surface area (Å²) < 4.78 is 0. The van der Waals surface area contributed by atoms with Crippen molar-refractivity contribution in [2.45, 2.75) is 26.7 Å². The van der Waals surface area contributed by atoms with Gasteiger partial charge >= 0.3 is 0 Å². The molecule has 0 aliphatic heterocycles. The largest absolute Gasteiger partial charge is 0.320 e. The highest BCUT2D eigenvalue weighted by Gasteiger charge is 2.11. The molecule has 1 heterocycles. The number of aromatic nitrogens is 2. The van der Waals surface area contributed by atoms with Crippen LogP contribution < -0.4 is 5.32 Å². The molecule has 0 bridgehead atoms. The first-order valence-corrected chi connectivity index (χ1v) is 6.76. The third-order valence-electron chi connectivity index (χ3n) is 2.96. The highest BCUT2D eigenvalue weighted by molar-refractivity contribution is 6.31. The second kappa shape index (κ2) is 6.01. The highest BCUT2D eigenvalue weighted by atomic mass is 35.5. The standard InChI is InChI=1S/C15H16ClN3O/c1-9(2)12-6-7-13(19-18-12)15(20)17-14-8-11(16)5-4-10(14)3/h4-9H,1-3H3,(H,17,20). The number of nitrogens with one attached hydrogen (secondary N) is 1. The molecule has 1 aromatic carbocycles. The van der Waals surface area contributed by atoms with Gasteiger partial charge in [-0.05, 0) is 42.7 Å². The van der Waals surface area contributed by atoms with E-state index in [1.807, 2.05) is 32.9 Å². The summed E-state index contributed by atoms with van der Waals surface area (Å²) in [6.45, 7) is 5.96. The zero-order chi connectivity index (χ0) is 14.7. The molecule has 1 amide bonds. The summed E-state index contributed by atoms with van der Waals surface area (Å²) in [5, 5.41) is 11.4. The fourth-order valence-corrected chi connectivity index (χ4v) is 1.86. The number of amides is 1. The maximum absolute atomic E-state index is 12.1. The first-order chi connectivity index (χ1) is 9.47. The average molecular weight is 290 g/mol. The Morgan fingerprint density at radius 2 is 1.95 bits per heavy atom. The lowest BCUT2D eigenvalue weighted by Gasteiger charge is -2.09. The van der Waals surface area contributed by atoms with Gasteiger partial charge in [-0.3, -0.25) is 4.79 Å². The van der Waals surface area contributed by atoms with E-state index in [0.717, 1.165) is 11.3 Å². The van der Waals surface area contributed by atoms with Gasteiger partial charge in [-0.15, -0.1) is 5.10 Å². The number of anilines is 1. The molecule has 0 aliphatic rings. The summed E-state index contributed by atoms with van der Waals surface area (Å²) >= 11 is 5.92. The quantitative estimate of drug-likeness (QED) is 0.934. The second-order valence-corrected chi connectivity index (χ2v) is 5.35. The number of rotatable bonds is 3. The molecule has 20 heavy (non-hydrogen) atoms. The smallest absolute Gasteiger partial charge is 0.276 e. The van der Waals surface area contributed by atoms with Crippen molar-refractivity contribution in [3.05, 3.63) is 52.3 Å². The highest BCUT2D eigenvalue weighted by Crippen LogP contribution is 2.20. The molecule has 0 aliphatic carbocycles. The lowest BCUT2D eigenvalue weighted by Crippen LogP contribution is -2.15. The molecule has 2 rings (SSSR count). The summed E-state index contributed by atoms with van der Waals surface area (Å²) in [6, 6.07) is 8.84. The van der Waals surface area contributed by atoms with Gasteiger partial charge in [0, 0.05) is 10.7 Å². The van der Waals surface area contributed by atoms with Crippen molar-refractivity contribution in [1.29, 1.82) is 0 Å². The van der Waals surface area contributed by atoms with E-state index in [0.29, 0.717) is 10.7 Å². The number of hydrogen-bond donors (Lipinski definition) is 1. The minimum atomic E-state index is -0.293. The number of carbonyl (C=O) groups excluding carboxylic acids is 1. The Kier molecular flexibility index (Phi) is 4.35. The van der Waals surface area contributed by atoms with E-state index in [2.05, 4.69) is 15.5 Å². The van der Waals surface area contributed by atoms with Crippen molar-refractivity contribution in [3.8, 4) is 0 Å². The molecule has 4 nitrogen and oxygen atoms in total. The monoisotopic (exact) mass is 289 g/mol. The van der Waals surface area contributed by atoms with Crippen molar-refractivity contribution < 1.29 is 4.79 Å². The number of nitrogens with zero attached hydrogens (tertiary/aromatic N) is 2. The van der Waals surface area contributed by atoms with Gasteiger partial charge in [-0.1, -0.05) is 31.5 Å². The zero-order valence-electron chi connectivity index (χ0n) is 11.6. The number of carbonyl (C=O) groups is 1. The molecule has 1 N–H and O–H groups in total. The molecule has 0 unspecified atom stereocenters. The molecular weight excluding hydrogens is 274 g/mol. The van der Waals surface area contributed by atoms with Crippen LogP contribution in [0.2, 0.25) is 5.02 Å². The van der Waals surface area contributed by atoms with Crippen LogP contribution in [0.5, 0.6) is 0 Å². The van der Waals surface area contributed by atoms with Crippen molar-refractivity contribution >= 4 is 23.2 Å². The Hall–Kier alpha value is -1.94. The fraction of sp³-hybridized carbons (Fsp3) is 0.267. The summed E-state index contributed by atoms with van der Waals surface area (Å²) in [5.41, 5.74) is 2.76. The molecule has 0 saturated heterocycles. The summed E-state index contributed by atoms with van der Waals surface area (Å²) in [7, 11) is 0. The van der Waals surface area contributed by atoms with Gasteiger partial charge in [0.1, 0.15) is 0 Å². The fourth-order valence-electron chi connectivity index (χ4n) is 1.69. The average Bonchev–Trinajstić information content (AvgIpc) is 2.43. The SMILES string of the molecule is Cc1ccc(Cl)cc1NC(=O)c1ccc(C(C)C)nn1. The maximum Gasteiger partial charge on any atom is 0.276 e. The molecular formula is C15H16ClN3O. The zero-order valence-corrected chi connectivity index (χ0v) is 12.4. The van der Waals surface area contributed by atoms with Crippen LogP contribution in [0.15, 0.2) is 30.3 Å². The Balaban J connectivity index is 2.17. The molecule has 2 aromatic rings. The molecule has 0 spiro atoms. The number of aryl methyl sites for hydroxylation is 1. The third-order valence-corrected chi connectivity index (χ3v) is 3.19. The van der Waals surface area contributed by atoms with Crippen LogP contribution in [-0.2, 0) is 0 Å². The molecule has 0 saturated carbocycles. The van der Waals surface area contributed by atoms with Gasteiger partial charge < -0.3 is 5.32 Å². The third kappa shape index (κ3) is 3.33. The van der Waals surface area contributed by atoms with Gasteiger partial charge in [0.05, 0.1) is 5.69 Å². The lowest BCUT2D eigenvalue weighted by atomic mass is 10.1. The van der Waals surface area contributed by atoms with Crippen LogP contribution in [0.3, 0.4) is 0 Å². The molecule has 0 fully saturated rings. The van der Waals surface area contributed by atoms with E-state index < -0.39 is 0 Å². The van der Waals surface area contributed by atoms with E-state index in [1.165, 1.54) is 0 Å². The minimum absolute atomic E-state index is 0.286. The van der Waals surface area contributed by atoms with E-state index in [4.69, 9.17) is 11.6 Å². The van der Waals surface area contributed by atoms with Crippen molar-refractivity contribution in [2.24, 2.45) is 0 Å². The van der Waals surface area contributed by atoms with Gasteiger partial charge in [0.2, 0.25) is 0 Å². The van der Waals surface area contributed by atoms with Gasteiger partial charge in [-0.25, -0.2) is 0 Å². The Morgan fingerprint density at radius 1 is 1.20 bits per heavy atom. The predicted molar refractivity (Wildman–Crippen MR) is 80.3 cm³/mol. The van der Waals surface area contributed by atoms with E-state index in [1.54, 1.807) is 18.2 Å². The van der Waals surface area contributed by atoms with Crippen LogP contribution in [-0.4, -0.2) is 16.1 Å². The van der Waals surface area contributed by atoms with Crippen LogP contribution in [0.1, 0.15) is 41.5 Å². The van der Waals surface area contributed by atoms with Crippen molar-refractivity contribution in [2.75, 3.05) is 5.32 Å². The van der Waals surface area contributed by atoms with Crippen LogP contribution in [0.25, 0.3) is 0 Å². The summed E-state index contributed by atoms with van der Waals surface area (Å²) in [5.74, 6) is -0.00652. The summed E-state index contributed by atoms with van der Waals surface area (Å²) in [6.07, 6.45) is 0. The van der Waals surface area contributed by atoms with Gasteiger partial charge in [-0.2, -0.15) is 5.10 Å². The number of halogens is 1. The van der Waals surface area contributed by atoms with Crippen LogP contribution >= 0.6 is 11.6 Å². The van der Waals surface area contributed by atoms with E-state index in [9.17, 15) is 4.79 Å².